The molecule has 0 spiro atoms. The smallest absolute Gasteiger partial charge is 0.152 e. The highest BCUT2D eigenvalue weighted by Gasteiger charge is 2.27. The average Bonchev–Trinajstić information content (AvgIpc) is 2.57. The summed E-state index contributed by atoms with van der Waals surface area (Å²) in [5, 5.41) is 3.05. The van der Waals surface area contributed by atoms with Gasteiger partial charge in [0.05, 0.1) is 23.4 Å². The Morgan fingerprint density at radius 2 is 2.38 bits per heavy atom. The van der Waals surface area contributed by atoms with E-state index in [2.05, 4.69) is 15.3 Å². The van der Waals surface area contributed by atoms with Crippen LogP contribution in [0, 0.1) is 5.92 Å². The lowest BCUT2D eigenvalue weighted by atomic mass is 10.1. The Morgan fingerprint density at radius 3 is 3.00 bits per heavy atom. The van der Waals surface area contributed by atoms with Gasteiger partial charge in [0, 0.05) is 6.54 Å². The van der Waals surface area contributed by atoms with Crippen molar-refractivity contribution in [3.05, 3.63) is 12.5 Å². The Morgan fingerprint density at radius 1 is 1.56 bits per heavy atom. The van der Waals surface area contributed by atoms with Crippen LogP contribution in [-0.2, 0) is 9.84 Å². The predicted octanol–water partition coefficient (Wildman–Crippen LogP) is -0.0946. The summed E-state index contributed by atoms with van der Waals surface area (Å²) < 4.78 is 22.5. The van der Waals surface area contributed by atoms with E-state index in [4.69, 9.17) is 5.73 Å². The van der Waals surface area contributed by atoms with Crippen LogP contribution in [0.15, 0.2) is 12.5 Å². The van der Waals surface area contributed by atoms with E-state index >= 15 is 0 Å². The molecular weight excluding hydrogens is 228 g/mol. The number of rotatable bonds is 3. The molecule has 0 aromatic carbocycles. The van der Waals surface area contributed by atoms with Crippen LogP contribution in [0.2, 0.25) is 0 Å². The summed E-state index contributed by atoms with van der Waals surface area (Å²) in [7, 11) is -2.81. The van der Waals surface area contributed by atoms with Crippen LogP contribution < -0.4 is 11.1 Å². The molecule has 2 rings (SSSR count). The van der Waals surface area contributed by atoms with Gasteiger partial charge in [-0.1, -0.05) is 0 Å². The number of hydrogen-bond acceptors (Lipinski definition) is 6. The zero-order valence-electron chi connectivity index (χ0n) is 8.76. The van der Waals surface area contributed by atoms with Crippen LogP contribution in [0.1, 0.15) is 6.42 Å². The fourth-order valence-corrected chi connectivity index (χ4v) is 3.62. The molecule has 1 aliphatic heterocycles. The molecule has 2 heterocycles. The Hall–Kier alpha value is -1.37. The van der Waals surface area contributed by atoms with Crippen molar-refractivity contribution in [2.75, 3.05) is 29.1 Å². The van der Waals surface area contributed by atoms with E-state index in [-0.39, 0.29) is 11.7 Å². The third-order valence-electron chi connectivity index (χ3n) is 2.63. The molecule has 88 valence electrons. The molecule has 1 fully saturated rings. The van der Waals surface area contributed by atoms with E-state index < -0.39 is 9.84 Å². The van der Waals surface area contributed by atoms with E-state index in [9.17, 15) is 8.42 Å². The summed E-state index contributed by atoms with van der Waals surface area (Å²) in [6.07, 6.45) is 3.63. The van der Waals surface area contributed by atoms with Gasteiger partial charge in [0.2, 0.25) is 0 Å². The second kappa shape index (κ2) is 4.25. The number of hydrogen-bond donors (Lipinski definition) is 2. The molecular formula is C9H14N4O2S. The average molecular weight is 242 g/mol. The Labute approximate surface area is 94.2 Å². The van der Waals surface area contributed by atoms with Crippen LogP contribution in [0.25, 0.3) is 0 Å². The highest BCUT2D eigenvalue weighted by atomic mass is 32.2. The van der Waals surface area contributed by atoms with Gasteiger partial charge < -0.3 is 11.1 Å². The molecule has 0 amide bonds. The summed E-state index contributed by atoms with van der Waals surface area (Å²) in [6.45, 7) is 0.584. The summed E-state index contributed by atoms with van der Waals surface area (Å²) >= 11 is 0. The molecule has 16 heavy (non-hydrogen) atoms. The van der Waals surface area contributed by atoms with Gasteiger partial charge in [-0.15, -0.1) is 0 Å². The summed E-state index contributed by atoms with van der Waals surface area (Å²) in [6, 6.07) is 0. The largest absolute Gasteiger partial charge is 0.394 e. The molecule has 6 nitrogen and oxygen atoms in total. The van der Waals surface area contributed by atoms with Gasteiger partial charge in [-0.2, -0.15) is 0 Å². The number of aromatic nitrogens is 2. The molecule has 0 radical (unpaired) electrons. The first kappa shape index (κ1) is 11.1. The van der Waals surface area contributed by atoms with Gasteiger partial charge in [-0.3, -0.25) is 0 Å². The molecule has 0 bridgehead atoms. The van der Waals surface area contributed by atoms with Crippen LogP contribution in [0.3, 0.4) is 0 Å². The zero-order chi connectivity index (χ0) is 11.6. The molecule has 1 aliphatic rings. The lowest BCUT2D eigenvalue weighted by molar-refractivity contribution is 0.595. The predicted molar refractivity (Wildman–Crippen MR) is 61.7 cm³/mol. The molecule has 1 aromatic heterocycles. The number of anilines is 2. The van der Waals surface area contributed by atoms with E-state index in [1.807, 2.05) is 0 Å². The van der Waals surface area contributed by atoms with Gasteiger partial charge in [0.15, 0.2) is 15.7 Å². The van der Waals surface area contributed by atoms with E-state index in [0.717, 1.165) is 0 Å². The molecule has 1 unspecified atom stereocenters. The molecule has 3 N–H and O–H groups in total. The van der Waals surface area contributed by atoms with Crippen molar-refractivity contribution in [1.29, 1.82) is 0 Å². The zero-order valence-corrected chi connectivity index (χ0v) is 9.57. The van der Waals surface area contributed by atoms with Crippen LogP contribution >= 0.6 is 0 Å². The first-order chi connectivity index (χ1) is 7.57. The quantitative estimate of drug-likeness (QED) is 0.768. The third-order valence-corrected chi connectivity index (χ3v) is 4.46. The van der Waals surface area contributed by atoms with Crippen molar-refractivity contribution in [2.45, 2.75) is 6.42 Å². The monoisotopic (exact) mass is 242 g/mol. The van der Waals surface area contributed by atoms with Crippen molar-refractivity contribution in [3.8, 4) is 0 Å². The molecule has 1 aromatic rings. The van der Waals surface area contributed by atoms with Crippen molar-refractivity contribution in [2.24, 2.45) is 5.92 Å². The number of nitrogen functional groups attached to an aromatic ring is 1. The Kier molecular flexibility index (Phi) is 2.95. The van der Waals surface area contributed by atoms with Crippen molar-refractivity contribution in [1.82, 2.24) is 9.97 Å². The van der Waals surface area contributed by atoms with Gasteiger partial charge in [-0.05, 0) is 12.3 Å². The molecule has 1 saturated heterocycles. The highest BCUT2D eigenvalue weighted by molar-refractivity contribution is 7.91. The standard InChI is InChI=1S/C9H14N4O2S/c10-8-4-11-6-13-9(8)12-3-7-1-2-16(14,15)5-7/h4,6-7H,1-3,5,10H2,(H,11,12,13). The SMILES string of the molecule is Nc1cncnc1NCC1CCS(=O)(=O)C1. The van der Waals surface area contributed by atoms with E-state index in [0.29, 0.717) is 30.2 Å². The van der Waals surface area contributed by atoms with Gasteiger partial charge in [0.25, 0.3) is 0 Å². The fraction of sp³-hybridized carbons (Fsp3) is 0.556. The van der Waals surface area contributed by atoms with Crippen molar-refractivity contribution >= 4 is 21.3 Å². The highest BCUT2D eigenvalue weighted by Crippen LogP contribution is 2.20. The second-order valence-electron chi connectivity index (χ2n) is 3.98. The Bertz CT molecular complexity index is 474. The molecule has 7 heteroatoms. The maximum atomic E-state index is 11.2. The van der Waals surface area contributed by atoms with Crippen LogP contribution in [0.5, 0.6) is 0 Å². The maximum absolute atomic E-state index is 11.2. The summed E-state index contributed by atoms with van der Waals surface area (Å²) in [4.78, 5) is 7.75. The second-order valence-corrected chi connectivity index (χ2v) is 6.21. The van der Waals surface area contributed by atoms with Gasteiger partial charge >= 0.3 is 0 Å². The molecule has 1 atom stereocenters. The van der Waals surface area contributed by atoms with E-state index in [1.165, 1.54) is 12.5 Å². The summed E-state index contributed by atoms with van der Waals surface area (Å²) in [5.74, 6) is 1.27. The number of nitrogens with zero attached hydrogens (tertiary/aromatic N) is 2. The van der Waals surface area contributed by atoms with E-state index in [1.54, 1.807) is 0 Å². The minimum atomic E-state index is -2.81. The van der Waals surface area contributed by atoms with Crippen LogP contribution in [-0.4, -0.2) is 36.4 Å². The minimum absolute atomic E-state index is 0.152. The minimum Gasteiger partial charge on any atom is -0.394 e. The fourth-order valence-electron chi connectivity index (χ4n) is 1.76. The third kappa shape index (κ3) is 2.60. The maximum Gasteiger partial charge on any atom is 0.152 e. The Balaban J connectivity index is 1.92. The summed E-state index contributed by atoms with van der Waals surface area (Å²) in [5.41, 5.74) is 6.13. The van der Waals surface area contributed by atoms with Crippen molar-refractivity contribution < 1.29 is 8.42 Å². The lowest BCUT2D eigenvalue weighted by Gasteiger charge is -2.10. The first-order valence-corrected chi connectivity index (χ1v) is 6.89. The topological polar surface area (TPSA) is 98.0 Å². The number of sulfone groups is 1. The molecule has 0 saturated carbocycles. The van der Waals surface area contributed by atoms with Gasteiger partial charge in [0.1, 0.15) is 6.33 Å². The lowest BCUT2D eigenvalue weighted by Crippen LogP contribution is -2.17. The van der Waals surface area contributed by atoms with Crippen molar-refractivity contribution in [3.63, 3.8) is 0 Å². The first-order valence-electron chi connectivity index (χ1n) is 5.06. The van der Waals surface area contributed by atoms with Gasteiger partial charge in [-0.25, -0.2) is 18.4 Å². The normalized spacial score (nSPS) is 23.1. The molecule has 0 aliphatic carbocycles. The van der Waals surface area contributed by atoms with Crippen LogP contribution in [0.4, 0.5) is 11.5 Å². The number of nitrogens with two attached hydrogens (primary N) is 1. The number of nitrogens with one attached hydrogen (secondary N) is 1.